The summed E-state index contributed by atoms with van der Waals surface area (Å²) in [4.78, 5) is 28.2. The van der Waals surface area contributed by atoms with E-state index in [0.717, 1.165) is 5.69 Å². The molecule has 2 aliphatic heterocycles. The van der Waals surface area contributed by atoms with Gasteiger partial charge in [-0.3, -0.25) is 4.79 Å². The van der Waals surface area contributed by atoms with Crippen LogP contribution >= 0.6 is 0 Å². The maximum absolute atomic E-state index is 13.0. The van der Waals surface area contributed by atoms with Gasteiger partial charge >= 0.3 is 6.03 Å². The van der Waals surface area contributed by atoms with Gasteiger partial charge in [0.05, 0.1) is 6.54 Å². The highest BCUT2D eigenvalue weighted by Gasteiger charge is 2.22. The molecular formula is C20H21FN4O4. The lowest BCUT2D eigenvalue weighted by Gasteiger charge is -2.36. The van der Waals surface area contributed by atoms with Gasteiger partial charge in [-0.15, -0.1) is 0 Å². The van der Waals surface area contributed by atoms with Crippen LogP contribution in [0.25, 0.3) is 0 Å². The molecule has 8 nitrogen and oxygen atoms in total. The van der Waals surface area contributed by atoms with E-state index in [1.165, 1.54) is 12.1 Å². The Morgan fingerprint density at radius 2 is 1.69 bits per heavy atom. The minimum atomic E-state index is -0.331. The number of amides is 3. The Hall–Kier alpha value is -3.49. The molecule has 0 unspecified atom stereocenters. The second-order valence-corrected chi connectivity index (χ2v) is 6.73. The Morgan fingerprint density at radius 1 is 0.966 bits per heavy atom. The molecule has 2 aromatic rings. The number of anilines is 2. The van der Waals surface area contributed by atoms with Crippen LogP contribution in [0.2, 0.25) is 0 Å². The van der Waals surface area contributed by atoms with E-state index >= 15 is 0 Å². The Bertz CT molecular complexity index is 898. The molecule has 9 heteroatoms. The van der Waals surface area contributed by atoms with Crippen LogP contribution in [0.1, 0.15) is 0 Å². The molecule has 152 valence electrons. The number of hydrogen-bond acceptors (Lipinski definition) is 5. The molecule has 2 aromatic carbocycles. The molecule has 2 aliphatic rings. The standard InChI is InChI=1S/C20H21FN4O4/c21-14-1-4-16(5-2-14)24-7-9-25(10-8-24)20(27)22-12-19(26)23-15-3-6-17-18(11-15)29-13-28-17/h1-6,11H,7-10,12-13H2,(H,22,27)(H,23,26). The minimum Gasteiger partial charge on any atom is -0.454 e. The van der Waals surface area contributed by atoms with E-state index in [2.05, 4.69) is 15.5 Å². The number of nitrogens with one attached hydrogen (secondary N) is 2. The van der Waals surface area contributed by atoms with Gasteiger partial charge in [0, 0.05) is 43.6 Å². The molecule has 29 heavy (non-hydrogen) atoms. The number of halogens is 1. The Labute approximate surface area is 167 Å². The van der Waals surface area contributed by atoms with E-state index in [4.69, 9.17) is 9.47 Å². The lowest BCUT2D eigenvalue weighted by atomic mass is 10.2. The Morgan fingerprint density at radius 3 is 2.45 bits per heavy atom. The number of rotatable bonds is 4. The Balaban J connectivity index is 1.22. The zero-order valence-electron chi connectivity index (χ0n) is 15.7. The third-order valence-electron chi connectivity index (χ3n) is 4.82. The lowest BCUT2D eigenvalue weighted by molar-refractivity contribution is -0.115. The van der Waals surface area contributed by atoms with Crippen LogP contribution in [-0.2, 0) is 4.79 Å². The smallest absolute Gasteiger partial charge is 0.317 e. The monoisotopic (exact) mass is 400 g/mol. The average molecular weight is 400 g/mol. The second-order valence-electron chi connectivity index (χ2n) is 6.73. The van der Waals surface area contributed by atoms with Crippen LogP contribution in [0, 0.1) is 5.82 Å². The fourth-order valence-electron chi connectivity index (χ4n) is 3.27. The number of piperazine rings is 1. The molecule has 0 bridgehead atoms. The van der Waals surface area contributed by atoms with Gasteiger partial charge in [-0.25, -0.2) is 9.18 Å². The predicted molar refractivity (Wildman–Crippen MR) is 105 cm³/mol. The van der Waals surface area contributed by atoms with Gasteiger partial charge in [0.1, 0.15) is 5.82 Å². The first-order valence-corrected chi connectivity index (χ1v) is 9.31. The number of benzene rings is 2. The summed E-state index contributed by atoms with van der Waals surface area (Å²) in [7, 11) is 0. The predicted octanol–water partition coefficient (Wildman–Crippen LogP) is 2.02. The fraction of sp³-hybridized carbons (Fsp3) is 0.300. The third kappa shape index (κ3) is 4.50. The van der Waals surface area contributed by atoms with E-state index in [-0.39, 0.29) is 31.1 Å². The topological polar surface area (TPSA) is 83.1 Å². The van der Waals surface area contributed by atoms with Crippen LogP contribution in [-0.4, -0.2) is 56.4 Å². The zero-order valence-corrected chi connectivity index (χ0v) is 15.7. The maximum atomic E-state index is 13.0. The molecule has 0 radical (unpaired) electrons. The molecule has 1 fully saturated rings. The first kappa shape index (κ1) is 18.9. The van der Waals surface area contributed by atoms with Crippen molar-refractivity contribution in [2.75, 3.05) is 49.7 Å². The highest BCUT2D eigenvalue weighted by atomic mass is 19.1. The summed E-state index contributed by atoms with van der Waals surface area (Å²) in [6.07, 6.45) is 0. The largest absolute Gasteiger partial charge is 0.454 e. The molecule has 0 atom stereocenters. The first-order valence-electron chi connectivity index (χ1n) is 9.31. The first-order chi connectivity index (χ1) is 14.1. The Kier molecular flexibility index (Phi) is 5.37. The molecule has 0 spiro atoms. The van der Waals surface area contributed by atoms with Crippen molar-refractivity contribution in [3.63, 3.8) is 0 Å². The zero-order chi connectivity index (χ0) is 20.2. The van der Waals surface area contributed by atoms with E-state index in [1.807, 2.05) is 0 Å². The van der Waals surface area contributed by atoms with Gasteiger partial charge in [0.2, 0.25) is 12.7 Å². The number of carbonyl (C=O) groups is 2. The van der Waals surface area contributed by atoms with Crippen molar-refractivity contribution in [3.05, 3.63) is 48.3 Å². The second kappa shape index (κ2) is 8.26. The summed E-state index contributed by atoms with van der Waals surface area (Å²) >= 11 is 0. The average Bonchev–Trinajstić information content (AvgIpc) is 3.20. The van der Waals surface area contributed by atoms with Crippen molar-refractivity contribution in [1.82, 2.24) is 10.2 Å². The molecule has 2 heterocycles. The molecule has 2 N–H and O–H groups in total. The van der Waals surface area contributed by atoms with Crippen molar-refractivity contribution in [3.8, 4) is 11.5 Å². The number of fused-ring (bicyclic) bond motifs is 1. The van der Waals surface area contributed by atoms with Gasteiger partial charge in [-0.1, -0.05) is 0 Å². The van der Waals surface area contributed by atoms with Crippen LogP contribution in [0.15, 0.2) is 42.5 Å². The molecule has 0 aromatic heterocycles. The molecule has 0 aliphatic carbocycles. The highest BCUT2D eigenvalue weighted by Crippen LogP contribution is 2.34. The van der Waals surface area contributed by atoms with Crippen LogP contribution in [0.5, 0.6) is 11.5 Å². The van der Waals surface area contributed by atoms with Gasteiger partial charge in [-0.2, -0.15) is 0 Å². The maximum Gasteiger partial charge on any atom is 0.317 e. The molecule has 0 saturated carbocycles. The summed E-state index contributed by atoms with van der Waals surface area (Å²) in [5.74, 6) is 0.606. The molecular weight excluding hydrogens is 379 g/mol. The van der Waals surface area contributed by atoms with E-state index in [1.54, 1.807) is 35.2 Å². The SMILES string of the molecule is O=C(CNC(=O)N1CCN(c2ccc(F)cc2)CC1)Nc1ccc2c(c1)OCO2. The number of nitrogens with zero attached hydrogens (tertiary/aromatic N) is 2. The van der Waals surface area contributed by atoms with Crippen molar-refractivity contribution in [2.45, 2.75) is 0 Å². The highest BCUT2D eigenvalue weighted by molar-refractivity contribution is 5.94. The number of urea groups is 1. The molecule has 3 amide bonds. The van der Waals surface area contributed by atoms with E-state index in [0.29, 0.717) is 43.4 Å². The molecule has 4 rings (SSSR count). The molecule has 1 saturated heterocycles. The van der Waals surface area contributed by atoms with Gasteiger partial charge in [0.15, 0.2) is 11.5 Å². The van der Waals surface area contributed by atoms with Gasteiger partial charge in [0.25, 0.3) is 0 Å². The summed E-state index contributed by atoms with van der Waals surface area (Å²) in [5, 5.41) is 5.35. The number of hydrogen-bond donors (Lipinski definition) is 2. The van der Waals surface area contributed by atoms with E-state index < -0.39 is 0 Å². The lowest BCUT2D eigenvalue weighted by Crippen LogP contribution is -2.52. The third-order valence-corrected chi connectivity index (χ3v) is 4.82. The van der Waals surface area contributed by atoms with Crippen LogP contribution < -0.4 is 25.0 Å². The van der Waals surface area contributed by atoms with Crippen LogP contribution in [0.3, 0.4) is 0 Å². The fourth-order valence-corrected chi connectivity index (χ4v) is 3.27. The quantitative estimate of drug-likeness (QED) is 0.821. The van der Waals surface area contributed by atoms with Crippen molar-refractivity contribution < 1.29 is 23.5 Å². The van der Waals surface area contributed by atoms with Crippen molar-refractivity contribution in [2.24, 2.45) is 0 Å². The summed E-state index contributed by atoms with van der Waals surface area (Å²) in [6, 6.07) is 11.1. The summed E-state index contributed by atoms with van der Waals surface area (Å²) in [6.45, 7) is 2.35. The number of carbonyl (C=O) groups excluding carboxylic acids is 2. The van der Waals surface area contributed by atoms with Gasteiger partial charge in [-0.05, 0) is 36.4 Å². The van der Waals surface area contributed by atoms with Crippen molar-refractivity contribution >= 4 is 23.3 Å². The van der Waals surface area contributed by atoms with E-state index in [9.17, 15) is 14.0 Å². The summed E-state index contributed by atoms with van der Waals surface area (Å²) in [5.41, 5.74) is 1.50. The number of ether oxygens (including phenoxy) is 2. The van der Waals surface area contributed by atoms with Crippen LogP contribution in [0.4, 0.5) is 20.6 Å². The summed E-state index contributed by atoms with van der Waals surface area (Å²) < 4.78 is 23.5. The normalized spacial score (nSPS) is 15.2. The van der Waals surface area contributed by atoms with Gasteiger partial charge < -0.3 is 29.9 Å². The van der Waals surface area contributed by atoms with Crippen molar-refractivity contribution in [1.29, 1.82) is 0 Å². The minimum absolute atomic E-state index is 0.133.